The maximum atomic E-state index is 12.6. The van der Waals surface area contributed by atoms with Gasteiger partial charge in [-0.1, -0.05) is 42.1 Å². The number of likely N-dealkylation sites (tertiary alicyclic amines) is 1. The van der Waals surface area contributed by atoms with E-state index in [0.717, 1.165) is 47.7 Å². The van der Waals surface area contributed by atoms with Crippen LogP contribution in [-0.2, 0) is 11.3 Å². The van der Waals surface area contributed by atoms with Gasteiger partial charge in [-0.15, -0.1) is 11.3 Å². The Kier molecular flexibility index (Phi) is 6.47. The van der Waals surface area contributed by atoms with Gasteiger partial charge in [-0.25, -0.2) is 9.97 Å². The van der Waals surface area contributed by atoms with Crippen LogP contribution in [0.15, 0.2) is 41.7 Å². The van der Waals surface area contributed by atoms with Gasteiger partial charge in [0, 0.05) is 29.4 Å². The van der Waals surface area contributed by atoms with Crippen LogP contribution in [0.3, 0.4) is 0 Å². The lowest BCUT2D eigenvalue weighted by molar-refractivity contribution is -0.119. The van der Waals surface area contributed by atoms with E-state index in [1.54, 1.807) is 17.7 Å². The van der Waals surface area contributed by atoms with Crippen LogP contribution in [0.5, 0.6) is 0 Å². The van der Waals surface area contributed by atoms with Crippen molar-refractivity contribution >= 4 is 39.2 Å². The predicted molar refractivity (Wildman–Crippen MR) is 120 cm³/mol. The van der Waals surface area contributed by atoms with Crippen molar-refractivity contribution in [3.8, 4) is 0 Å². The molecule has 1 fully saturated rings. The minimum Gasteiger partial charge on any atom is -0.351 e. The molecule has 0 radical (unpaired) electrons. The number of amides is 1. The van der Waals surface area contributed by atoms with Gasteiger partial charge in [0.15, 0.2) is 0 Å². The number of carbonyl (C=O) groups excluding carboxylic acids is 1. The van der Waals surface area contributed by atoms with E-state index in [0.29, 0.717) is 5.75 Å². The lowest BCUT2D eigenvalue weighted by atomic mass is 10.0. The van der Waals surface area contributed by atoms with Crippen molar-refractivity contribution in [3.63, 3.8) is 0 Å². The molecule has 1 unspecified atom stereocenters. The summed E-state index contributed by atoms with van der Waals surface area (Å²) in [6.45, 7) is 7.15. The topological polar surface area (TPSA) is 58.1 Å². The summed E-state index contributed by atoms with van der Waals surface area (Å²) >= 11 is 3.19. The number of aryl methyl sites for hydroxylation is 2. The standard InChI is InChI=1S/C22H26N4OS2/c1-15-16(2)29-22-20(15)21(23-14-24-22)28-13-19(27)25-18-9-6-10-26(12-18)11-17-7-4-3-5-8-17/h3-5,7-8,14,18H,6,9-13H2,1-2H3,(H,25,27). The summed E-state index contributed by atoms with van der Waals surface area (Å²) in [6, 6.07) is 10.7. The fourth-order valence-corrected chi connectivity index (χ4v) is 5.75. The van der Waals surface area contributed by atoms with Crippen LogP contribution < -0.4 is 5.32 Å². The van der Waals surface area contributed by atoms with Gasteiger partial charge in [0.2, 0.25) is 5.91 Å². The average molecular weight is 427 g/mol. The van der Waals surface area contributed by atoms with Crippen LogP contribution in [0.25, 0.3) is 10.2 Å². The van der Waals surface area contributed by atoms with Crippen LogP contribution in [0.2, 0.25) is 0 Å². The Morgan fingerprint density at radius 3 is 2.93 bits per heavy atom. The van der Waals surface area contributed by atoms with E-state index >= 15 is 0 Å². The quantitative estimate of drug-likeness (QED) is 0.473. The number of thiophene rings is 1. The lowest BCUT2D eigenvalue weighted by Gasteiger charge is -2.33. The molecule has 5 nitrogen and oxygen atoms in total. The Morgan fingerprint density at radius 2 is 2.10 bits per heavy atom. The van der Waals surface area contributed by atoms with E-state index in [1.807, 2.05) is 6.07 Å². The molecule has 0 saturated carbocycles. The van der Waals surface area contributed by atoms with E-state index in [-0.39, 0.29) is 11.9 Å². The van der Waals surface area contributed by atoms with Gasteiger partial charge in [0.05, 0.1) is 5.75 Å². The molecule has 1 amide bonds. The lowest BCUT2D eigenvalue weighted by Crippen LogP contribution is -2.47. The first kappa shape index (κ1) is 20.3. The number of piperidine rings is 1. The number of rotatable bonds is 6. The summed E-state index contributed by atoms with van der Waals surface area (Å²) in [5.74, 6) is 0.466. The summed E-state index contributed by atoms with van der Waals surface area (Å²) in [7, 11) is 0. The zero-order valence-corrected chi connectivity index (χ0v) is 18.5. The molecule has 152 valence electrons. The van der Waals surface area contributed by atoms with Crippen molar-refractivity contribution < 1.29 is 4.79 Å². The van der Waals surface area contributed by atoms with Crippen LogP contribution in [0.4, 0.5) is 0 Å². The number of nitrogens with one attached hydrogen (secondary N) is 1. The third kappa shape index (κ3) is 4.97. The first-order valence-corrected chi connectivity index (χ1v) is 11.8. The average Bonchev–Trinajstić information content (AvgIpc) is 3.02. The number of carbonyl (C=O) groups is 1. The molecule has 29 heavy (non-hydrogen) atoms. The van der Waals surface area contributed by atoms with Gasteiger partial charge in [0.25, 0.3) is 0 Å². The van der Waals surface area contributed by atoms with Crippen molar-refractivity contribution in [2.45, 2.75) is 44.3 Å². The number of nitrogens with zero attached hydrogens (tertiary/aromatic N) is 3. The second-order valence-electron chi connectivity index (χ2n) is 7.56. The van der Waals surface area contributed by atoms with Crippen molar-refractivity contribution in [2.24, 2.45) is 0 Å². The Balaban J connectivity index is 1.32. The molecule has 3 heterocycles. The molecule has 1 aromatic carbocycles. The number of benzene rings is 1. The third-order valence-corrected chi connectivity index (χ3v) is 7.49. The largest absolute Gasteiger partial charge is 0.351 e. The minimum atomic E-state index is 0.0814. The summed E-state index contributed by atoms with van der Waals surface area (Å²) in [6.07, 6.45) is 3.76. The Hall–Kier alpha value is -1.96. The third-order valence-electron chi connectivity index (χ3n) is 5.39. The van der Waals surface area contributed by atoms with Gasteiger partial charge in [-0.05, 0) is 44.4 Å². The molecule has 0 aliphatic carbocycles. The van der Waals surface area contributed by atoms with Crippen molar-refractivity contribution in [1.29, 1.82) is 0 Å². The molecule has 0 spiro atoms. The van der Waals surface area contributed by atoms with Crippen molar-refractivity contribution in [2.75, 3.05) is 18.8 Å². The van der Waals surface area contributed by atoms with Crippen LogP contribution in [0.1, 0.15) is 28.8 Å². The highest BCUT2D eigenvalue weighted by atomic mass is 32.2. The molecule has 2 aromatic heterocycles. The molecular weight excluding hydrogens is 400 g/mol. The smallest absolute Gasteiger partial charge is 0.230 e. The number of thioether (sulfide) groups is 1. The molecule has 1 aliphatic heterocycles. The molecule has 1 atom stereocenters. The zero-order chi connectivity index (χ0) is 20.2. The highest BCUT2D eigenvalue weighted by Crippen LogP contribution is 2.34. The normalized spacial score (nSPS) is 17.5. The first-order valence-electron chi connectivity index (χ1n) is 9.99. The van der Waals surface area contributed by atoms with Crippen LogP contribution >= 0.6 is 23.1 Å². The monoisotopic (exact) mass is 426 g/mol. The summed E-state index contributed by atoms with van der Waals surface area (Å²) < 4.78 is 0. The maximum absolute atomic E-state index is 12.6. The number of hydrogen-bond acceptors (Lipinski definition) is 6. The van der Waals surface area contributed by atoms with E-state index in [1.165, 1.54) is 27.8 Å². The molecule has 0 bridgehead atoms. The Morgan fingerprint density at radius 1 is 1.28 bits per heavy atom. The minimum absolute atomic E-state index is 0.0814. The second-order valence-corrected chi connectivity index (χ2v) is 9.73. The van der Waals surface area contributed by atoms with E-state index < -0.39 is 0 Å². The fourth-order valence-electron chi connectivity index (χ4n) is 3.82. The van der Waals surface area contributed by atoms with Gasteiger partial charge in [-0.3, -0.25) is 9.69 Å². The fraction of sp³-hybridized carbons (Fsp3) is 0.409. The molecular formula is C22H26N4OS2. The highest BCUT2D eigenvalue weighted by Gasteiger charge is 2.22. The summed E-state index contributed by atoms with van der Waals surface area (Å²) in [5, 5.41) is 5.23. The van der Waals surface area contributed by atoms with Crippen LogP contribution in [0, 0.1) is 13.8 Å². The highest BCUT2D eigenvalue weighted by molar-refractivity contribution is 8.00. The van der Waals surface area contributed by atoms with Gasteiger partial charge >= 0.3 is 0 Å². The molecule has 4 rings (SSSR count). The van der Waals surface area contributed by atoms with Crippen molar-refractivity contribution in [3.05, 3.63) is 52.7 Å². The van der Waals surface area contributed by atoms with Crippen molar-refractivity contribution in [1.82, 2.24) is 20.2 Å². The molecule has 7 heteroatoms. The molecule has 3 aromatic rings. The zero-order valence-electron chi connectivity index (χ0n) is 16.9. The van der Waals surface area contributed by atoms with Gasteiger partial charge in [0.1, 0.15) is 16.2 Å². The first-order chi connectivity index (χ1) is 14.1. The Labute approximate surface area is 179 Å². The van der Waals surface area contributed by atoms with Gasteiger partial charge < -0.3 is 5.32 Å². The van der Waals surface area contributed by atoms with E-state index in [4.69, 9.17) is 0 Å². The Bertz CT molecular complexity index is 989. The SMILES string of the molecule is Cc1sc2ncnc(SCC(=O)NC3CCCN(Cc4ccccc4)C3)c2c1C. The summed E-state index contributed by atoms with van der Waals surface area (Å²) in [5.41, 5.74) is 2.54. The van der Waals surface area contributed by atoms with E-state index in [2.05, 4.69) is 58.3 Å². The number of hydrogen-bond donors (Lipinski definition) is 1. The molecule has 1 saturated heterocycles. The molecule has 1 N–H and O–H groups in total. The van der Waals surface area contributed by atoms with Gasteiger partial charge in [-0.2, -0.15) is 0 Å². The summed E-state index contributed by atoms with van der Waals surface area (Å²) in [4.78, 5) is 26.1. The van der Waals surface area contributed by atoms with E-state index in [9.17, 15) is 4.79 Å². The van der Waals surface area contributed by atoms with Crippen LogP contribution in [-0.4, -0.2) is 45.7 Å². The predicted octanol–water partition coefficient (Wildman–Crippen LogP) is 4.18. The number of aromatic nitrogens is 2. The maximum Gasteiger partial charge on any atom is 0.230 e. The second kappa shape index (κ2) is 9.24. The number of fused-ring (bicyclic) bond motifs is 1. The molecule has 1 aliphatic rings.